The Bertz CT molecular complexity index is 620. The van der Waals surface area contributed by atoms with E-state index in [1.807, 2.05) is 0 Å². The lowest BCUT2D eigenvalue weighted by Crippen LogP contribution is -2.51. The highest BCUT2D eigenvalue weighted by Gasteiger charge is 2.35. The number of nitrogens with zero attached hydrogens (tertiary/aromatic N) is 2. The van der Waals surface area contributed by atoms with Gasteiger partial charge in [-0.2, -0.15) is 0 Å². The van der Waals surface area contributed by atoms with Crippen molar-refractivity contribution in [3.8, 4) is 0 Å². The number of carbonyl (C=O) groups excluding carboxylic acids is 1. The summed E-state index contributed by atoms with van der Waals surface area (Å²) in [6.07, 6.45) is 0. The van der Waals surface area contributed by atoms with E-state index in [4.69, 9.17) is 16.7 Å². The number of aliphatic carboxylic acids is 1. The Balaban J connectivity index is 2.85. The van der Waals surface area contributed by atoms with Crippen LogP contribution >= 0.6 is 23.4 Å². The van der Waals surface area contributed by atoms with E-state index in [0.29, 0.717) is 4.90 Å². The molecule has 0 saturated carbocycles. The smallest absolute Gasteiger partial charge is 0.329 e. The molecule has 22 heavy (non-hydrogen) atoms. The maximum atomic E-state index is 12.1. The van der Waals surface area contributed by atoms with Gasteiger partial charge in [0.1, 0.15) is 5.54 Å². The Labute approximate surface area is 136 Å². The summed E-state index contributed by atoms with van der Waals surface area (Å²) < 4.78 is 0. The molecular weight excluding hydrogens is 332 g/mol. The molecule has 120 valence electrons. The average Bonchev–Trinajstić information content (AvgIpc) is 2.44. The molecule has 9 heteroatoms. The predicted molar refractivity (Wildman–Crippen MR) is 83.3 cm³/mol. The second-order valence-electron chi connectivity index (χ2n) is 4.97. The molecule has 0 aliphatic heterocycles. The number of carbonyl (C=O) groups is 2. The quantitative estimate of drug-likeness (QED) is 0.482. The second-order valence-corrected chi connectivity index (χ2v) is 6.43. The Morgan fingerprint density at radius 3 is 2.55 bits per heavy atom. The molecule has 1 amide bonds. The molecule has 1 rings (SSSR count). The van der Waals surface area contributed by atoms with Crippen LogP contribution in [0.2, 0.25) is 5.02 Å². The maximum Gasteiger partial charge on any atom is 0.329 e. The van der Waals surface area contributed by atoms with Crippen LogP contribution in [0.4, 0.5) is 5.69 Å². The summed E-state index contributed by atoms with van der Waals surface area (Å²) in [5.74, 6) is -1.69. The Kier molecular flexibility index (Phi) is 5.78. The van der Waals surface area contributed by atoms with Gasteiger partial charge in [0.05, 0.1) is 15.6 Å². The van der Waals surface area contributed by atoms with Gasteiger partial charge in [-0.3, -0.25) is 14.9 Å². The minimum Gasteiger partial charge on any atom is -0.480 e. The van der Waals surface area contributed by atoms with Crippen LogP contribution in [-0.4, -0.2) is 45.1 Å². The normalized spacial score (nSPS) is 11.1. The molecule has 0 aliphatic carbocycles. The van der Waals surface area contributed by atoms with Crippen molar-refractivity contribution in [3.05, 3.63) is 33.3 Å². The molecule has 0 heterocycles. The summed E-state index contributed by atoms with van der Waals surface area (Å²) >= 11 is 6.68. The summed E-state index contributed by atoms with van der Waals surface area (Å²) in [5.41, 5.74) is -1.55. The van der Waals surface area contributed by atoms with E-state index in [1.54, 1.807) is 0 Å². The SMILES string of the molecule is CN(C(=O)CSc1ccc(Cl)cc1[N+](=O)[O-])C(C)(C)C(=O)O. The van der Waals surface area contributed by atoms with Crippen LogP contribution in [0.5, 0.6) is 0 Å². The third-order valence-electron chi connectivity index (χ3n) is 3.20. The highest BCUT2D eigenvalue weighted by Crippen LogP contribution is 2.32. The van der Waals surface area contributed by atoms with E-state index >= 15 is 0 Å². The highest BCUT2D eigenvalue weighted by molar-refractivity contribution is 8.00. The molecule has 0 saturated heterocycles. The van der Waals surface area contributed by atoms with Crippen molar-refractivity contribution in [3.63, 3.8) is 0 Å². The first-order valence-corrected chi connectivity index (χ1v) is 7.50. The van der Waals surface area contributed by atoms with Crippen molar-refractivity contribution >= 4 is 40.9 Å². The van der Waals surface area contributed by atoms with E-state index in [-0.39, 0.29) is 16.5 Å². The molecule has 1 N–H and O–H groups in total. The van der Waals surface area contributed by atoms with Gasteiger partial charge in [0, 0.05) is 18.1 Å². The fourth-order valence-electron chi connectivity index (χ4n) is 1.45. The summed E-state index contributed by atoms with van der Waals surface area (Å²) in [6, 6.07) is 4.16. The Morgan fingerprint density at radius 2 is 2.05 bits per heavy atom. The number of carboxylic acid groups (broad SMARTS) is 1. The van der Waals surface area contributed by atoms with Crippen LogP contribution in [0.15, 0.2) is 23.1 Å². The van der Waals surface area contributed by atoms with Crippen LogP contribution < -0.4 is 0 Å². The summed E-state index contributed by atoms with van der Waals surface area (Å²) in [5, 5.41) is 20.3. The average molecular weight is 347 g/mol. The number of nitro groups is 1. The number of hydrogen-bond donors (Lipinski definition) is 1. The number of halogens is 1. The fourth-order valence-corrected chi connectivity index (χ4v) is 2.53. The van der Waals surface area contributed by atoms with Gasteiger partial charge < -0.3 is 10.0 Å². The van der Waals surface area contributed by atoms with Gasteiger partial charge in [0.2, 0.25) is 5.91 Å². The van der Waals surface area contributed by atoms with Crippen LogP contribution in [-0.2, 0) is 9.59 Å². The molecule has 0 atom stereocenters. The first-order valence-electron chi connectivity index (χ1n) is 6.14. The topological polar surface area (TPSA) is 101 Å². The molecule has 0 bridgehead atoms. The van der Waals surface area contributed by atoms with Crippen LogP contribution in [0.25, 0.3) is 0 Å². The van der Waals surface area contributed by atoms with Crippen LogP contribution in [0, 0.1) is 10.1 Å². The fraction of sp³-hybridized carbons (Fsp3) is 0.385. The summed E-state index contributed by atoms with van der Waals surface area (Å²) in [4.78, 5) is 35.0. The molecule has 7 nitrogen and oxygen atoms in total. The number of likely N-dealkylation sites (N-methyl/N-ethyl adjacent to an activating group) is 1. The van der Waals surface area contributed by atoms with Gasteiger partial charge >= 0.3 is 5.97 Å². The largest absolute Gasteiger partial charge is 0.480 e. The molecule has 0 aliphatic rings. The number of hydrogen-bond acceptors (Lipinski definition) is 5. The zero-order valence-electron chi connectivity index (χ0n) is 12.2. The molecule has 0 fully saturated rings. The van der Waals surface area contributed by atoms with Crippen LogP contribution in [0.1, 0.15) is 13.8 Å². The zero-order chi connectivity index (χ0) is 17.1. The molecule has 1 aromatic carbocycles. The molecular formula is C13H15ClN2O5S. The standard InChI is InChI=1S/C13H15ClN2O5S/c1-13(2,12(18)19)15(3)11(17)7-22-10-5-4-8(14)6-9(10)16(20)21/h4-6H,7H2,1-3H3,(H,18,19). The molecule has 0 spiro atoms. The van der Waals surface area contributed by atoms with Crippen molar-refractivity contribution in [1.82, 2.24) is 4.90 Å². The predicted octanol–water partition coefficient (Wildman–Crippen LogP) is 2.66. The van der Waals surface area contributed by atoms with Crippen molar-refractivity contribution < 1.29 is 19.6 Å². The lowest BCUT2D eigenvalue weighted by molar-refractivity contribution is -0.387. The summed E-state index contributed by atoms with van der Waals surface area (Å²) in [7, 11) is 1.38. The van der Waals surface area contributed by atoms with E-state index in [2.05, 4.69) is 0 Å². The maximum absolute atomic E-state index is 12.1. The first kappa shape index (κ1) is 18.2. The lowest BCUT2D eigenvalue weighted by Gasteiger charge is -2.31. The van der Waals surface area contributed by atoms with Gasteiger partial charge in [-0.1, -0.05) is 11.6 Å². The van der Waals surface area contributed by atoms with Gasteiger partial charge in [-0.15, -0.1) is 11.8 Å². The van der Waals surface area contributed by atoms with Gasteiger partial charge in [-0.25, -0.2) is 4.79 Å². The number of amides is 1. The molecule has 0 aromatic heterocycles. The van der Waals surface area contributed by atoms with E-state index in [1.165, 1.54) is 39.1 Å². The highest BCUT2D eigenvalue weighted by atomic mass is 35.5. The van der Waals surface area contributed by atoms with Crippen molar-refractivity contribution in [2.45, 2.75) is 24.3 Å². The van der Waals surface area contributed by atoms with Gasteiger partial charge in [-0.05, 0) is 26.0 Å². The first-order chi connectivity index (χ1) is 10.1. The molecule has 0 radical (unpaired) electrons. The van der Waals surface area contributed by atoms with Crippen molar-refractivity contribution in [2.75, 3.05) is 12.8 Å². The van der Waals surface area contributed by atoms with E-state index in [9.17, 15) is 19.7 Å². The number of thioether (sulfide) groups is 1. The third kappa shape index (κ3) is 4.11. The Morgan fingerprint density at radius 1 is 1.45 bits per heavy atom. The summed E-state index contributed by atoms with van der Waals surface area (Å²) in [6.45, 7) is 2.81. The number of carboxylic acids is 1. The van der Waals surface area contributed by atoms with Crippen molar-refractivity contribution in [2.24, 2.45) is 0 Å². The third-order valence-corrected chi connectivity index (χ3v) is 4.49. The second kappa shape index (κ2) is 6.97. The monoisotopic (exact) mass is 346 g/mol. The van der Waals surface area contributed by atoms with Gasteiger partial charge in [0.25, 0.3) is 5.69 Å². The number of rotatable bonds is 6. The minimum absolute atomic E-state index is 0.115. The van der Waals surface area contributed by atoms with E-state index < -0.39 is 22.3 Å². The Hall–Kier alpha value is -1.80. The van der Waals surface area contributed by atoms with Gasteiger partial charge in [0.15, 0.2) is 0 Å². The molecule has 1 aromatic rings. The van der Waals surface area contributed by atoms with Crippen molar-refractivity contribution in [1.29, 1.82) is 0 Å². The number of benzene rings is 1. The lowest BCUT2D eigenvalue weighted by atomic mass is 10.0. The van der Waals surface area contributed by atoms with E-state index in [0.717, 1.165) is 16.7 Å². The zero-order valence-corrected chi connectivity index (χ0v) is 13.8. The number of nitro benzene ring substituents is 1. The van der Waals surface area contributed by atoms with Crippen LogP contribution in [0.3, 0.4) is 0 Å². The molecule has 0 unspecified atom stereocenters. The minimum atomic E-state index is -1.36.